The Morgan fingerprint density at radius 1 is 1.47 bits per heavy atom. The van der Waals surface area contributed by atoms with Crippen LogP contribution in [0.5, 0.6) is 0 Å². The monoisotopic (exact) mass is 237 g/mol. The minimum atomic E-state index is -4.10. The molecule has 0 aromatic carbocycles. The SMILES string of the molecule is CCCOP(=O)(O)OC(CCC)N=C=O. The van der Waals surface area contributed by atoms with Crippen molar-refractivity contribution in [1.82, 2.24) is 0 Å². The van der Waals surface area contributed by atoms with Crippen molar-refractivity contribution in [2.24, 2.45) is 4.99 Å². The highest BCUT2D eigenvalue weighted by molar-refractivity contribution is 7.47. The van der Waals surface area contributed by atoms with Gasteiger partial charge in [-0.1, -0.05) is 20.3 Å². The molecule has 0 saturated carbocycles. The zero-order chi connectivity index (χ0) is 11.7. The quantitative estimate of drug-likeness (QED) is 0.396. The van der Waals surface area contributed by atoms with Crippen molar-refractivity contribution in [3.8, 4) is 0 Å². The van der Waals surface area contributed by atoms with Gasteiger partial charge in [0.25, 0.3) is 0 Å². The van der Waals surface area contributed by atoms with E-state index in [0.717, 1.165) is 0 Å². The van der Waals surface area contributed by atoms with Gasteiger partial charge in [0.2, 0.25) is 6.08 Å². The van der Waals surface area contributed by atoms with Crippen LogP contribution in [0.4, 0.5) is 0 Å². The minimum Gasteiger partial charge on any atom is -0.302 e. The Labute approximate surface area is 88.9 Å². The summed E-state index contributed by atoms with van der Waals surface area (Å²) in [4.78, 5) is 22.5. The van der Waals surface area contributed by atoms with E-state index in [-0.39, 0.29) is 6.61 Å². The van der Waals surface area contributed by atoms with Gasteiger partial charge in [0.05, 0.1) is 6.61 Å². The first-order valence-corrected chi connectivity index (χ1v) is 6.28. The average molecular weight is 237 g/mol. The molecule has 0 heterocycles. The molecule has 7 heteroatoms. The molecule has 1 N–H and O–H groups in total. The van der Waals surface area contributed by atoms with E-state index >= 15 is 0 Å². The molecule has 0 spiro atoms. The summed E-state index contributed by atoms with van der Waals surface area (Å²) in [6.07, 6.45) is 1.98. The molecule has 88 valence electrons. The average Bonchev–Trinajstić information content (AvgIpc) is 2.15. The predicted octanol–water partition coefficient (Wildman–Crippen LogP) is 1.99. The lowest BCUT2D eigenvalue weighted by molar-refractivity contribution is 0.103. The maximum atomic E-state index is 11.3. The number of hydrogen-bond donors (Lipinski definition) is 1. The fourth-order valence-corrected chi connectivity index (χ4v) is 1.77. The van der Waals surface area contributed by atoms with Crippen LogP contribution in [0.2, 0.25) is 0 Å². The summed E-state index contributed by atoms with van der Waals surface area (Å²) in [6.45, 7) is 3.76. The van der Waals surface area contributed by atoms with E-state index in [9.17, 15) is 14.3 Å². The van der Waals surface area contributed by atoms with Crippen molar-refractivity contribution in [1.29, 1.82) is 0 Å². The van der Waals surface area contributed by atoms with E-state index in [2.05, 4.69) is 14.0 Å². The van der Waals surface area contributed by atoms with E-state index in [1.165, 1.54) is 6.08 Å². The second kappa shape index (κ2) is 7.74. The summed E-state index contributed by atoms with van der Waals surface area (Å²) in [5, 5.41) is 0. The van der Waals surface area contributed by atoms with Crippen molar-refractivity contribution in [3.05, 3.63) is 0 Å². The first-order chi connectivity index (χ1) is 7.05. The zero-order valence-electron chi connectivity index (χ0n) is 8.88. The summed E-state index contributed by atoms with van der Waals surface area (Å²) >= 11 is 0. The first kappa shape index (κ1) is 14.5. The Bertz CT molecular complexity index is 264. The third-order valence-corrected chi connectivity index (χ3v) is 2.46. The van der Waals surface area contributed by atoms with E-state index in [0.29, 0.717) is 19.3 Å². The van der Waals surface area contributed by atoms with Crippen molar-refractivity contribution in [2.45, 2.75) is 39.3 Å². The molecule has 0 radical (unpaired) electrons. The summed E-state index contributed by atoms with van der Waals surface area (Å²) in [6, 6.07) is 0. The van der Waals surface area contributed by atoms with Crippen LogP contribution in [0.25, 0.3) is 0 Å². The Balaban J connectivity index is 4.24. The van der Waals surface area contributed by atoms with Crippen LogP contribution in [0.3, 0.4) is 0 Å². The Hall–Kier alpha value is -0.510. The third-order valence-electron chi connectivity index (χ3n) is 1.45. The van der Waals surface area contributed by atoms with Crippen LogP contribution in [0, 0.1) is 0 Å². The van der Waals surface area contributed by atoms with Gasteiger partial charge in [-0.05, 0) is 12.8 Å². The molecule has 0 amide bonds. The van der Waals surface area contributed by atoms with Crippen LogP contribution in [0.15, 0.2) is 4.99 Å². The molecular weight excluding hydrogens is 221 g/mol. The fourth-order valence-electron chi connectivity index (χ4n) is 0.837. The highest BCUT2D eigenvalue weighted by atomic mass is 31.2. The van der Waals surface area contributed by atoms with Gasteiger partial charge in [-0.15, -0.1) is 0 Å². The summed E-state index contributed by atoms with van der Waals surface area (Å²) in [5.41, 5.74) is 0. The molecule has 0 aromatic heterocycles. The maximum Gasteiger partial charge on any atom is 0.474 e. The van der Waals surface area contributed by atoms with Crippen LogP contribution in [0.1, 0.15) is 33.1 Å². The van der Waals surface area contributed by atoms with E-state index in [1.54, 1.807) is 6.92 Å². The molecule has 0 aliphatic carbocycles. The number of carbonyl (C=O) groups excluding carboxylic acids is 1. The molecule has 0 rings (SSSR count). The molecule has 0 fully saturated rings. The fraction of sp³-hybridized carbons (Fsp3) is 0.875. The second-order valence-electron chi connectivity index (χ2n) is 2.87. The predicted molar refractivity (Wildman–Crippen MR) is 54.0 cm³/mol. The Kier molecular flexibility index (Phi) is 7.48. The molecule has 2 unspecified atom stereocenters. The normalized spacial score (nSPS) is 16.5. The third kappa shape index (κ3) is 7.42. The van der Waals surface area contributed by atoms with Crippen molar-refractivity contribution in [2.75, 3.05) is 6.61 Å². The number of hydrogen-bond acceptors (Lipinski definition) is 5. The lowest BCUT2D eigenvalue weighted by Gasteiger charge is -2.15. The molecule has 6 nitrogen and oxygen atoms in total. The lowest BCUT2D eigenvalue weighted by atomic mass is 10.3. The van der Waals surface area contributed by atoms with Crippen LogP contribution in [-0.2, 0) is 18.4 Å². The molecule has 0 saturated heterocycles. The molecule has 15 heavy (non-hydrogen) atoms. The number of nitrogens with zero attached hydrogens (tertiary/aromatic N) is 1. The topological polar surface area (TPSA) is 85.2 Å². The van der Waals surface area contributed by atoms with Crippen molar-refractivity contribution < 1.29 is 23.3 Å². The molecule has 0 aliphatic rings. The number of phosphoric acid groups is 1. The highest BCUT2D eigenvalue weighted by Crippen LogP contribution is 2.45. The van der Waals surface area contributed by atoms with Gasteiger partial charge in [0.15, 0.2) is 6.23 Å². The second-order valence-corrected chi connectivity index (χ2v) is 4.28. The number of rotatable bonds is 8. The lowest BCUT2D eigenvalue weighted by Crippen LogP contribution is -2.09. The van der Waals surface area contributed by atoms with Gasteiger partial charge in [0.1, 0.15) is 0 Å². The summed E-state index contributed by atoms with van der Waals surface area (Å²) < 4.78 is 20.5. The van der Waals surface area contributed by atoms with Gasteiger partial charge in [-0.2, -0.15) is 4.99 Å². The highest BCUT2D eigenvalue weighted by Gasteiger charge is 2.25. The van der Waals surface area contributed by atoms with Crippen LogP contribution >= 0.6 is 7.82 Å². The van der Waals surface area contributed by atoms with E-state index < -0.39 is 14.1 Å². The van der Waals surface area contributed by atoms with Gasteiger partial charge < -0.3 is 4.89 Å². The summed E-state index contributed by atoms with van der Waals surface area (Å²) in [7, 11) is -4.10. The van der Waals surface area contributed by atoms with Gasteiger partial charge >= 0.3 is 7.82 Å². The van der Waals surface area contributed by atoms with Crippen molar-refractivity contribution in [3.63, 3.8) is 0 Å². The minimum absolute atomic E-state index is 0.122. The van der Waals surface area contributed by atoms with Crippen LogP contribution < -0.4 is 0 Å². The number of isocyanates is 1. The van der Waals surface area contributed by atoms with Gasteiger partial charge in [0, 0.05) is 0 Å². The molecular formula is C8H16NO5P. The smallest absolute Gasteiger partial charge is 0.302 e. The van der Waals surface area contributed by atoms with Gasteiger partial charge in [-0.3, -0.25) is 9.05 Å². The van der Waals surface area contributed by atoms with Crippen molar-refractivity contribution >= 4 is 13.9 Å². The largest absolute Gasteiger partial charge is 0.474 e. The Morgan fingerprint density at radius 3 is 2.60 bits per heavy atom. The number of aliphatic imine (C=N–C) groups is 1. The van der Waals surface area contributed by atoms with Gasteiger partial charge in [-0.25, -0.2) is 9.36 Å². The number of phosphoric ester groups is 1. The standard InChI is InChI=1S/C8H16NO5P/c1-3-5-8(9-7-10)14-15(11,12)13-6-4-2/h8H,3-6H2,1-2H3,(H,11,12). The van der Waals surface area contributed by atoms with E-state index in [4.69, 9.17) is 0 Å². The molecule has 0 bridgehead atoms. The maximum absolute atomic E-state index is 11.3. The van der Waals surface area contributed by atoms with Crippen LogP contribution in [-0.4, -0.2) is 23.8 Å². The molecule has 0 aliphatic heterocycles. The zero-order valence-corrected chi connectivity index (χ0v) is 9.77. The summed E-state index contributed by atoms with van der Waals surface area (Å²) in [5.74, 6) is 0. The van der Waals surface area contributed by atoms with E-state index in [1.807, 2.05) is 6.92 Å². The first-order valence-electron chi connectivity index (χ1n) is 4.78. The Morgan fingerprint density at radius 2 is 2.13 bits per heavy atom. The molecule has 0 aromatic rings. The molecule has 2 atom stereocenters.